The molecule has 0 atom stereocenters. The maximum absolute atomic E-state index is 13.2. The summed E-state index contributed by atoms with van der Waals surface area (Å²) in [7, 11) is 0. The first-order chi connectivity index (χ1) is 15.1. The van der Waals surface area contributed by atoms with Crippen molar-refractivity contribution in [3.63, 3.8) is 0 Å². The van der Waals surface area contributed by atoms with E-state index in [1.54, 1.807) is 11.0 Å². The Balaban J connectivity index is 1.49. The molecule has 1 fully saturated rings. The van der Waals surface area contributed by atoms with Gasteiger partial charge in [0, 0.05) is 31.4 Å². The quantitative estimate of drug-likeness (QED) is 0.640. The summed E-state index contributed by atoms with van der Waals surface area (Å²) in [5, 5.41) is 6.39. The minimum atomic E-state index is -0.491. The number of piperidine rings is 1. The summed E-state index contributed by atoms with van der Waals surface area (Å²) in [5.74, 6) is -0.883. The lowest BCUT2D eigenvalue weighted by molar-refractivity contribution is 0.0198. The molecule has 2 aromatic carbocycles. The molecule has 32 heavy (non-hydrogen) atoms. The van der Waals surface area contributed by atoms with Gasteiger partial charge in [0.25, 0.3) is 5.91 Å². The number of anilines is 1. The van der Waals surface area contributed by atoms with Crippen LogP contribution in [0, 0.1) is 5.82 Å². The van der Waals surface area contributed by atoms with Crippen LogP contribution in [0.4, 0.5) is 14.9 Å². The molecular formula is C24H29ClFN3O3. The van der Waals surface area contributed by atoms with Crippen LogP contribution >= 0.6 is 11.6 Å². The van der Waals surface area contributed by atoms with Crippen molar-refractivity contribution in [3.05, 3.63) is 64.4 Å². The molecule has 0 unspecified atom stereocenters. The van der Waals surface area contributed by atoms with E-state index in [1.165, 1.54) is 12.1 Å². The van der Waals surface area contributed by atoms with Gasteiger partial charge in [-0.2, -0.15) is 0 Å². The van der Waals surface area contributed by atoms with Gasteiger partial charge in [-0.15, -0.1) is 0 Å². The normalized spacial score (nSPS) is 14.8. The molecule has 3 rings (SSSR count). The summed E-state index contributed by atoms with van der Waals surface area (Å²) in [5.41, 5.74) is 1.37. The molecule has 0 aromatic heterocycles. The van der Waals surface area contributed by atoms with Gasteiger partial charge in [0.05, 0.1) is 10.6 Å². The van der Waals surface area contributed by atoms with Crippen molar-refractivity contribution in [2.24, 2.45) is 0 Å². The maximum atomic E-state index is 13.2. The molecule has 0 aliphatic carbocycles. The first-order valence-corrected chi connectivity index (χ1v) is 11.1. The van der Waals surface area contributed by atoms with Crippen molar-refractivity contribution in [1.29, 1.82) is 0 Å². The number of likely N-dealkylation sites (tertiary alicyclic amines) is 1. The predicted octanol–water partition coefficient (Wildman–Crippen LogP) is 5.22. The highest BCUT2D eigenvalue weighted by Crippen LogP contribution is 2.20. The van der Waals surface area contributed by atoms with Crippen molar-refractivity contribution >= 4 is 29.3 Å². The Labute approximate surface area is 193 Å². The molecule has 2 N–H and O–H groups in total. The fraction of sp³-hybridized carbons (Fsp3) is 0.417. The molecule has 172 valence electrons. The summed E-state index contributed by atoms with van der Waals surface area (Å²) in [4.78, 5) is 26.4. The summed E-state index contributed by atoms with van der Waals surface area (Å²) in [6.45, 7) is 7.54. The fourth-order valence-electron chi connectivity index (χ4n) is 3.49. The number of nitrogens with zero attached hydrogens (tertiary/aromatic N) is 1. The zero-order valence-corrected chi connectivity index (χ0v) is 19.3. The molecule has 0 bridgehead atoms. The number of carbonyl (C=O) groups excluding carboxylic acids is 2. The van der Waals surface area contributed by atoms with Gasteiger partial charge in [0.15, 0.2) is 0 Å². The van der Waals surface area contributed by atoms with Crippen LogP contribution in [0.2, 0.25) is 5.02 Å². The van der Waals surface area contributed by atoms with E-state index in [1.807, 2.05) is 39.0 Å². The van der Waals surface area contributed by atoms with E-state index in [2.05, 4.69) is 10.6 Å². The van der Waals surface area contributed by atoms with E-state index in [0.29, 0.717) is 31.4 Å². The Morgan fingerprint density at radius 2 is 1.88 bits per heavy atom. The summed E-state index contributed by atoms with van der Waals surface area (Å²) in [6.07, 6.45) is 1.43. The molecule has 0 spiro atoms. The number of benzene rings is 2. The molecule has 1 saturated heterocycles. The lowest BCUT2D eigenvalue weighted by Crippen LogP contribution is -2.46. The Hall–Kier alpha value is -2.64. The third-order valence-corrected chi connectivity index (χ3v) is 5.41. The predicted molar refractivity (Wildman–Crippen MR) is 123 cm³/mol. The van der Waals surface area contributed by atoms with Gasteiger partial charge < -0.3 is 20.3 Å². The lowest BCUT2D eigenvalue weighted by atomic mass is 10.0. The number of hydrogen-bond acceptors (Lipinski definition) is 4. The number of nitrogens with one attached hydrogen (secondary N) is 2. The van der Waals surface area contributed by atoms with Crippen LogP contribution in [-0.4, -0.2) is 41.6 Å². The van der Waals surface area contributed by atoms with Gasteiger partial charge in [-0.25, -0.2) is 9.18 Å². The maximum Gasteiger partial charge on any atom is 0.410 e. The van der Waals surface area contributed by atoms with E-state index in [0.717, 1.165) is 24.5 Å². The van der Waals surface area contributed by atoms with Crippen LogP contribution in [-0.2, 0) is 11.3 Å². The second kappa shape index (κ2) is 10.3. The molecule has 0 saturated carbocycles. The van der Waals surface area contributed by atoms with Crippen molar-refractivity contribution < 1.29 is 18.7 Å². The average molecular weight is 462 g/mol. The number of carbonyl (C=O) groups is 2. The second-order valence-corrected chi connectivity index (χ2v) is 9.31. The zero-order valence-electron chi connectivity index (χ0n) is 18.6. The Kier molecular flexibility index (Phi) is 7.74. The smallest absolute Gasteiger partial charge is 0.410 e. The minimum absolute atomic E-state index is 0.0676. The van der Waals surface area contributed by atoms with Crippen LogP contribution in [0.25, 0.3) is 0 Å². The molecule has 0 radical (unpaired) electrons. The number of hydrogen-bond donors (Lipinski definition) is 2. The van der Waals surface area contributed by atoms with Gasteiger partial charge in [-0.1, -0.05) is 23.7 Å². The molecule has 2 amide bonds. The molecular weight excluding hydrogens is 433 g/mol. The van der Waals surface area contributed by atoms with Crippen molar-refractivity contribution in [2.75, 3.05) is 18.4 Å². The van der Waals surface area contributed by atoms with Gasteiger partial charge in [0.1, 0.15) is 11.4 Å². The van der Waals surface area contributed by atoms with Crippen molar-refractivity contribution in [1.82, 2.24) is 10.2 Å². The first-order valence-electron chi connectivity index (χ1n) is 10.7. The van der Waals surface area contributed by atoms with Crippen LogP contribution in [0.15, 0.2) is 42.5 Å². The summed E-state index contributed by atoms with van der Waals surface area (Å²) < 4.78 is 18.6. The number of halogens is 2. The molecule has 2 aromatic rings. The van der Waals surface area contributed by atoms with E-state index < -0.39 is 17.3 Å². The fourth-order valence-corrected chi connectivity index (χ4v) is 3.74. The highest BCUT2D eigenvalue weighted by molar-refractivity contribution is 6.34. The molecule has 1 aliphatic rings. The number of rotatable bonds is 5. The zero-order chi connectivity index (χ0) is 23.3. The second-order valence-electron chi connectivity index (χ2n) is 8.90. The molecule has 1 heterocycles. The summed E-state index contributed by atoms with van der Waals surface area (Å²) in [6, 6.07) is 11.5. The van der Waals surface area contributed by atoms with Crippen LogP contribution < -0.4 is 10.6 Å². The minimum Gasteiger partial charge on any atom is -0.444 e. The van der Waals surface area contributed by atoms with Gasteiger partial charge in [-0.05, 0) is 69.5 Å². The topological polar surface area (TPSA) is 70.7 Å². The SMILES string of the molecule is CC(C)(C)OC(=O)N1CCC(NCc2cccc(NC(=O)c3ccc(F)cc3Cl)c2)CC1. The first kappa shape index (κ1) is 24.0. The van der Waals surface area contributed by atoms with Gasteiger partial charge >= 0.3 is 6.09 Å². The Bertz CT molecular complexity index is 969. The number of ether oxygens (including phenoxy) is 1. The Morgan fingerprint density at radius 3 is 2.53 bits per heavy atom. The van der Waals surface area contributed by atoms with E-state index >= 15 is 0 Å². The molecule has 6 nitrogen and oxygen atoms in total. The van der Waals surface area contributed by atoms with Crippen molar-refractivity contribution in [2.45, 2.75) is 51.8 Å². The van der Waals surface area contributed by atoms with E-state index in [4.69, 9.17) is 16.3 Å². The van der Waals surface area contributed by atoms with E-state index in [-0.39, 0.29) is 16.7 Å². The van der Waals surface area contributed by atoms with Gasteiger partial charge in [0.2, 0.25) is 0 Å². The summed E-state index contributed by atoms with van der Waals surface area (Å²) >= 11 is 5.98. The third kappa shape index (κ3) is 6.93. The highest BCUT2D eigenvalue weighted by atomic mass is 35.5. The number of amides is 2. The standard InChI is InChI=1S/C24H29ClFN3O3/c1-24(2,3)32-23(31)29-11-9-18(10-12-29)27-15-16-5-4-6-19(13-16)28-22(30)20-8-7-17(26)14-21(20)25/h4-8,13-14,18,27H,9-12,15H2,1-3H3,(H,28,30). The molecule has 1 aliphatic heterocycles. The van der Waals surface area contributed by atoms with Crippen molar-refractivity contribution in [3.8, 4) is 0 Å². The van der Waals surface area contributed by atoms with Gasteiger partial charge in [-0.3, -0.25) is 4.79 Å². The molecule has 8 heteroatoms. The third-order valence-electron chi connectivity index (χ3n) is 5.10. The lowest BCUT2D eigenvalue weighted by Gasteiger charge is -2.33. The largest absolute Gasteiger partial charge is 0.444 e. The average Bonchev–Trinajstić information content (AvgIpc) is 2.71. The van der Waals surface area contributed by atoms with E-state index in [9.17, 15) is 14.0 Å². The monoisotopic (exact) mass is 461 g/mol. The van der Waals surface area contributed by atoms with Crippen LogP contribution in [0.5, 0.6) is 0 Å². The Morgan fingerprint density at radius 1 is 1.16 bits per heavy atom. The van der Waals surface area contributed by atoms with Crippen LogP contribution in [0.3, 0.4) is 0 Å². The highest BCUT2D eigenvalue weighted by Gasteiger charge is 2.26. The van der Waals surface area contributed by atoms with Crippen LogP contribution in [0.1, 0.15) is 49.5 Å².